The van der Waals surface area contributed by atoms with Crippen molar-refractivity contribution in [3.05, 3.63) is 24.3 Å². The van der Waals surface area contributed by atoms with E-state index in [0.717, 1.165) is 18.7 Å². The monoisotopic (exact) mass is 180 g/mol. The first-order valence-electron chi connectivity index (χ1n) is 4.68. The van der Waals surface area contributed by atoms with Crippen LogP contribution in [0.1, 0.15) is 26.1 Å². The van der Waals surface area contributed by atoms with Gasteiger partial charge in [-0.15, -0.1) is 0 Å². The lowest BCUT2D eigenvalue weighted by Gasteiger charge is -2.16. The molecule has 1 aromatic rings. The minimum atomic E-state index is -0.284. The molecule has 0 radical (unpaired) electrons. The molecule has 3 heteroatoms. The van der Waals surface area contributed by atoms with Gasteiger partial charge in [0.15, 0.2) is 0 Å². The van der Waals surface area contributed by atoms with Crippen molar-refractivity contribution in [2.24, 2.45) is 5.92 Å². The van der Waals surface area contributed by atoms with Gasteiger partial charge < -0.3 is 5.11 Å². The lowest BCUT2D eigenvalue weighted by atomic mass is 9.96. The van der Waals surface area contributed by atoms with Crippen molar-refractivity contribution in [2.75, 3.05) is 0 Å². The maximum atomic E-state index is 9.42. The van der Waals surface area contributed by atoms with Crippen LogP contribution in [0.5, 0.6) is 0 Å². The molecule has 0 aromatic carbocycles. The summed E-state index contributed by atoms with van der Waals surface area (Å²) in [6.07, 6.45) is 4.90. The Kier molecular flexibility index (Phi) is 3.83. The van der Waals surface area contributed by atoms with Gasteiger partial charge in [-0.05, 0) is 18.9 Å². The Balaban J connectivity index is 2.57. The third-order valence-electron chi connectivity index (χ3n) is 2.27. The Hall–Kier alpha value is -0.960. The SMILES string of the molecule is CCC(Cc1ncccn1)C(C)O. The van der Waals surface area contributed by atoms with E-state index in [1.54, 1.807) is 18.5 Å². The molecule has 13 heavy (non-hydrogen) atoms. The van der Waals surface area contributed by atoms with E-state index in [-0.39, 0.29) is 12.0 Å². The van der Waals surface area contributed by atoms with Crippen LogP contribution in [0.15, 0.2) is 18.5 Å². The normalized spacial score (nSPS) is 15.3. The Labute approximate surface area is 78.9 Å². The summed E-state index contributed by atoms with van der Waals surface area (Å²) < 4.78 is 0. The summed E-state index contributed by atoms with van der Waals surface area (Å²) in [5.41, 5.74) is 0. The number of hydrogen-bond acceptors (Lipinski definition) is 3. The van der Waals surface area contributed by atoms with Gasteiger partial charge in [0.25, 0.3) is 0 Å². The van der Waals surface area contributed by atoms with Crippen LogP contribution in [0, 0.1) is 5.92 Å². The van der Waals surface area contributed by atoms with E-state index in [9.17, 15) is 5.11 Å². The second-order valence-electron chi connectivity index (χ2n) is 3.28. The Morgan fingerprint density at radius 1 is 1.38 bits per heavy atom. The van der Waals surface area contributed by atoms with Gasteiger partial charge in [-0.3, -0.25) is 0 Å². The number of aromatic nitrogens is 2. The predicted molar refractivity (Wildman–Crippen MR) is 51.2 cm³/mol. The van der Waals surface area contributed by atoms with Crippen LogP contribution in [0.3, 0.4) is 0 Å². The van der Waals surface area contributed by atoms with Crippen LogP contribution in [0.25, 0.3) is 0 Å². The third kappa shape index (κ3) is 3.11. The van der Waals surface area contributed by atoms with Crippen LogP contribution < -0.4 is 0 Å². The molecule has 2 unspecified atom stereocenters. The summed E-state index contributed by atoms with van der Waals surface area (Å²) >= 11 is 0. The molecule has 0 saturated carbocycles. The summed E-state index contributed by atoms with van der Waals surface area (Å²) in [7, 11) is 0. The highest BCUT2D eigenvalue weighted by molar-refractivity contribution is 4.90. The van der Waals surface area contributed by atoms with Crippen molar-refractivity contribution in [3.63, 3.8) is 0 Å². The first-order valence-corrected chi connectivity index (χ1v) is 4.68. The molecule has 3 nitrogen and oxygen atoms in total. The standard InChI is InChI=1S/C10H16N2O/c1-3-9(8(2)13)7-10-11-5-4-6-12-10/h4-6,8-9,13H,3,7H2,1-2H3. The fraction of sp³-hybridized carbons (Fsp3) is 0.600. The molecule has 0 amide bonds. The zero-order valence-electron chi connectivity index (χ0n) is 8.14. The topological polar surface area (TPSA) is 46.0 Å². The first kappa shape index (κ1) is 10.1. The van der Waals surface area contributed by atoms with E-state index < -0.39 is 0 Å². The summed E-state index contributed by atoms with van der Waals surface area (Å²) in [5.74, 6) is 1.08. The molecule has 1 aromatic heterocycles. The van der Waals surface area contributed by atoms with Gasteiger partial charge in [0.1, 0.15) is 5.82 Å². The summed E-state index contributed by atoms with van der Waals surface area (Å²) in [6.45, 7) is 3.89. The van der Waals surface area contributed by atoms with E-state index in [1.165, 1.54) is 0 Å². The number of aliphatic hydroxyl groups is 1. The van der Waals surface area contributed by atoms with Crippen LogP contribution in [0.4, 0.5) is 0 Å². The van der Waals surface area contributed by atoms with Crippen LogP contribution in [-0.2, 0) is 6.42 Å². The van der Waals surface area contributed by atoms with Crippen molar-refractivity contribution >= 4 is 0 Å². The first-order chi connectivity index (χ1) is 6.24. The van der Waals surface area contributed by atoms with Crippen LogP contribution >= 0.6 is 0 Å². The fourth-order valence-electron chi connectivity index (χ4n) is 1.33. The smallest absolute Gasteiger partial charge is 0.128 e. The number of hydrogen-bond donors (Lipinski definition) is 1. The lowest BCUT2D eigenvalue weighted by molar-refractivity contribution is 0.121. The van der Waals surface area contributed by atoms with Gasteiger partial charge in [0.05, 0.1) is 6.10 Å². The van der Waals surface area contributed by atoms with Crippen molar-refractivity contribution in [1.82, 2.24) is 9.97 Å². The number of aliphatic hydroxyl groups excluding tert-OH is 1. The third-order valence-corrected chi connectivity index (χ3v) is 2.27. The molecule has 2 atom stereocenters. The molecule has 1 heterocycles. The van der Waals surface area contributed by atoms with Crippen LogP contribution in [-0.4, -0.2) is 21.2 Å². The average molecular weight is 180 g/mol. The second kappa shape index (κ2) is 4.92. The van der Waals surface area contributed by atoms with E-state index in [2.05, 4.69) is 16.9 Å². The molecular formula is C10H16N2O. The number of rotatable bonds is 4. The van der Waals surface area contributed by atoms with E-state index in [1.807, 2.05) is 6.92 Å². The molecule has 0 aliphatic rings. The second-order valence-corrected chi connectivity index (χ2v) is 3.28. The molecule has 1 rings (SSSR count). The number of nitrogens with zero attached hydrogens (tertiary/aromatic N) is 2. The zero-order valence-corrected chi connectivity index (χ0v) is 8.14. The van der Waals surface area contributed by atoms with Crippen molar-refractivity contribution in [3.8, 4) is 0 Å². The van der Waals surface area contributed by atoms with E-state index in [0.29, 0.717) is 0 Å². The van der Waals surface area contributed by atoms with E-state index in [4.69, 9.17) is 0 Å². The Bertz CT molecular complexity index is 236. The average Bonchev–Trinajstić information content (AvgIpc) is 2.15. The van der Waals surface area contributed by atoms with Gasteiger partial charge in [-0.1, -0.05) is 13.3 Å². The summed E-state index contributed by atoms with van der Waals surface area (Å²) in [5, 5.41) is 9.42. The van der Waals surface area contributed by atoms with Gasteiger partial charge in [-0.25, -0.2) is 9.97 Å². The summed E-state index contributed by atoms with van der Waals surface area (Å²) in [4.78, 5) is 8.25. The maximum absolute atomic E-state index is 9.42. The molecule has 1 N–H and O–H groups in total. The molecule has 0 bridgehead atoms. The van der Waals surface area contributed by atoms with E-state index >= 15 is 0 Å². The van der Waals surface area contributed by atoms with Gasteiger partial charge in [0.2, 0.25) is 0 Å². The molecule has 0 aliphatic carbocycles. The van der Waals surface area contributed by atoms with Crippen LogP contribution in [0.2, 0.25) is 0 Å². The Morgan fingerprint density at radius 2 is 2.00 bits per heavy atom. The highest BCUT2D eigenvalue weighted by atomic mass is 16.3. The Morgan fingerprint density at radius 3 is 2.46 bits per heavy atom. The molecule has 0 spiro atoms. The van der Waals surface area contributed by atoms with Crippen molar-refractivity contribution < 1.29 is 5.11 Å². The highest BCUT2D eigenvalue weighted by Crippen LogP contribution is 2.12. The minimum Gasteiger partial charge on any atom is -0.393 e. The highest BCUT2D eigenvalue weighted by Gasteiger charge is 2.14. The van der Waals surface area contributed by atoms with Crippen molar-refractivity contribution in [1.29, 1.82) is 0 Å². The molecule has 0 fully saturated rings. The zero-order chi connectivity index (χ0) is 9.68. The molecule has 72 valence electrons. The summed E-state index contributed by atoms with van der Waals surface area (Å²) in [6, 6.07) is 1.80. The van der Waals surface area contributed by atoms with Gasteiger partial charge >= 0.3 is 0 Å². The molecule has 0 saturated heterocycles. The van der Waals surface area contributed by atoms with Gasteiger partial charge in [-0.2, -0.15) is 0 Å². The predicted octanol–water partition coefficient (Wildman–Crippen LogP) is 1.43. The van der Waals surface area contributed by atoms with Gasteiger partial charge in [0, 0.05) is 18.8 Å². The quantitative estimate of drug-likeness (QED) is 0.762. The minimum absolute atomic E-state index is 0.266. The lowest BCUT2D eigenvalue weighted by Crippen LogP contribution is -2.19. The fourth-order valence-corrected chi connectivity index (χ4v) is 1.33. The maximum Gasteiger partial charge on any atom is 0.128 e. The van der Waals surface area contributed by atoms with Crippen molar-refractivity contribution in [2.45, 2.75) is 32.8 Å². The molecular weight excluding hydrogens is 164 g/mol. The largest absolute Gasteiger partial charge is 0.393 e. The molecule has 0 aliphatic heterocycles.